The standard InChI is InChI=1S/C12H15NO/c1-8-3-5-10(6-4-8)12-7-11(12)9(2)13-14/h3-6,11-12,14H,7H2,1-2H3/b13-9+/t11-,12-/m0/s1. The molecule has 0 unspecified atom stereocenters. The van der Waals surface area contributed by atoms with E-state index in [4.69, 9.17) is 5.21 Å². The van der Waals surface area contributed by atoms with Crippen molar-refractivity contribution in [3.63, 3.8) is 0 Å². The van der Waals surface area contributed by atoms with Gasteiger partial charge in [0.2, 0.25) is 0 Å². The molecule has 0 bridgehead atoms. The van der Waals surface area contributed by atoms with E-state index in [0.29, 0.717) is 11.8 Å². The highest BCUT2D eigenvalue weighted by molar-refractivity contribution is 5.87. The molecule has 1 fully saturated rings. The molecule has 2 atom stereocenters. The van der Waals surface area contributed by atoms with E-state index >= 15 is 0 Å². The maximum Gasteiger partial charge on any atom is 0.0577 e. The topological polar surface area (TPSA) is 32.6 Å². The molecule has 14 heavy (non-hydrogen) atoms. The lowest BCUT2D eigenvalue weighted by molar-refractivity contribution is 0.316. The highest BCUT2D eigenvalue weighted by atomic mass is 16.4. The first kappa shape index (κ1) is 9.25. The molecule has 0 heterocycles. The summed E-state index contributed by atoms with van der Waals surface area (Å²) in [6.07, 6.45) is 1.12. The lowest BCUT2D eigenvalue weighted by Gasteiger charge is -2.00. The monoisotopic (exact) mass is 189 g/mol. The fraction of sp³-hybridized carbons (Fsp3) is 0.417. The summed E-state index contributed by atoms with van der Waals surface area (Å²) in [6.45, 7) is 3.98. The quantitative estimate of drug-likeness (QED) is 0.433. The van der Waals surface area contributed by atoms with Gasteiger partial charge >= 0.3 is 0 Å². The second-order valence-electron chi connectivity index (χ2n) is 4.10. The largest absolute Gasteiger partial charge is 0.411 e. The summed E-state index contributed by atoms with van der Waals surface area (Å²) < 4.78 is 0. The Kier molecular flexibility index (Phi) is 2.28. The first-order valence-corrected chi connectivity index (χ1v) is 4.97. The first-order valence-electron chi connectivity index (χ1n) is 4.97. The maximum atomic E-state index is 8.64. The molecule has 1 aromatic rings. The lowest BCUT2D eigenvalue weighted by atomic mass is 10.1. The third-order valence-corrected chi connectivity index (χ3v) is 2.99. The Balaban J connectivity index is 2.10. The van der Waals surface area contributed by atoms with Gasteiger partial charge in [0.25, 0.3) is 0 Å². The number of nitrogens with zero attached hydrogens (tertiary/aromatic N) is 1. The average Bonchev–Trinajstić information content (AvgIpc) is 2.98. The van der Waals surface area contributed by atoms with Gasteiger partial charge in [-0.25, -0.2) is 0 Å². The van der Waals surface area contributed by atoms with Crippen LogP contribution < -0.4 is 0 Å². The van der Waals surface area contributed by atoms with Gasteiger partial charge in [0.1, 0.15) is 0 Å². The van der Waals surface area contributed by atoms with Crippen LogP contribution in [0.2, 0.25) is 0 Å². The van der Waals surface area contributed by atoms with Crippen molar-refractivity contribution in [3.05, 3.63) is 35.4 Å². The highest BCUT2D eigenvalue weighted by Gasteiger charge is 2.40. The van der Waals surface area contributed by atoms with Gasteiger partial charge in [0.05, 0.1) is 5.71 Å². The lowest BCUT2D eigenvalue weighted by Crippen LogP contribution is -1.96. The zero-order valence-electron chi connectivity index (χ0n) is 8.57. The third kappa shape index (κ3) is 1.65. The predicted molar refractivity (Wildman–Crippen MR) is 56.9 cm³/mol. The Bertz CT molecular complexity index is 353. The van der Waals surface area contributed by atoms with E-state index < -0.39 is 0 Å². The minimum Gasteiger partial charge on any atom is -0.411 e. The van der Waals surface area contributed by atoms with Crippen LogP contribution in [0.25, 0.3) is 0 Å². The van der Waals surface area contributed by atoms with E-state index in [9.17, 15) is 0 Å². The van der Waals surface area contributed by atoms with Gasteiger partial charge in [0.15, 0.2) is 0 Å². The molecule has 1 aliphatic rings. The number of benzene rings is 1. The van der Waals surface area contributed by atoms with E-state index in [1.165, 1.54) is 11.1 Å². The molecular weight excluding hydrogens is 174 g/mol. The summed E-state index contributed by atoms with van der Waals surface area (Å²) in [7, 11) is 0. The van der Waals surface area contributed by atoms with Crippen LogP contribution in [0.15, 0.2) is 29.4 Å². The van der Waals surface area contributed by atoms with Crippen molar-refractivity contribution < 1.29 is 5.21 Å². The molecule has 74 valence electrons. The summed E-state index contributed by atoms with van der Waals surface area (Å²) >= 11 is 0. The van der Waals surface area contributed by atoms with Crippen molar-refractivity contribution in [2.45, 2.75) is 26.2 Å². The summed E-state index contributed by atoms with van der Waals surface area (Å²) in [6, 6.07) is 8.61. The molecule has 1 aliphatic carbocycles. The Morgan fingerprint density at radius 2 is 2.00 bits per heavy atom. The van der Waals surface area contributed by atoms with Crippen molar-refractivity contribution in [2.24, 2.45) is 11.1 Å². The molecule has 2 nitrogen and oxygen atoms in total. The van der Waals surface area contributed by atoms with Gasteiger partial charge in [-0.05, 0) is 31.7 Å². The van der Waals surface area contributed by atoms with Gasteiger partial charge in [-0.3, -0.25) is 0 Å². The van der Waals surface area contributed by atoms with Crippen LogP contribution in [0.3, 0.4) is 0 Å². The fourth-order valence-corrected chi connectivity index (χ4v) is 1.91. The molecule has 0 spiro atoms. The molecule has 2 heteroatoms. The molecule has 1 saturated carbocycles. The zero-order valence-corrected chi connectivity index (χ0v) is 8.57. The number of oxime groups is 1. The second kappa shape index (κ2) is 3.45. The van der Waals surface area contributed by atoms with Gasteiger partial charge in [0, 0.05) is 5.92 Å². The average molecular weight is 189 g/mol. The van der Waals surface area contributed by atoms with Crippen LogP contribution in [0, 0.1) is 12.8 Å². The number of hydrogen-bond acceptors (Lipinski definition) is 2. The van der Waals surface area contributed by atoms with E-state index in [-0.39, 0.29) is 0 Å². The normalized spacial score (nSPS) is 26.3. The van der Waals surface area contributed by atoms with Crippen LogP contribution in [-0.4, -0.2) is 10.9 Å². The van der Waals surface area contributed by atoms with Gasteiger partial charge in [-0.15, -0.1) is 0 Å². The molecular formula is C12H15NO. The minimum atomic E-state index is 0.461. The molecule has 0 saturated heterocycles. The second-order valence-corrected chi connectivity index (χ2v) is 4.10. The Hall–Kier alpha value is -1.31. The van der Waals surface area contributed by atoms with E-state index in [2.05, 4.69) is 36.3 Å². The van der Waals surface area contributed by atoms with E-state index in [1.807, 2.05) is 6.92 Å². The SMILES string of the molecule is C/C(=N\O)[C@@H]1C[C@H]1c1ccc(C)cc1. The summed E-state index contributed by atoms with van der Waals surface area (Å²) in [5.41, 5.74) is 3.51. The van der Waals surface area contributed by atoms with Crippen molar-refractivity contribution in [1.29, 1.82) is 0 Å². The Morgan fingerprint density at radius 3 is 2.57 bits per heavy atom. The minimum absolute atomic E-state index is 0.461. The van der Waals surface area contributed by atoms with Crippen LogP contribution in [0.1, 0.15) is 30.4 Å². The molecule has 1 N–H and O–H groups in total. The Morgan fingerprint density at radius 1 is 1.36 bits per heavy atom. The van der Waals surface area contributed by atoms with Crippen molar-refractivity contribution in [1.82, 2.24) is 0 Å². The highest BCUT2D eigenvalue weighted by Crippen LogP contribution is 2.48. The maximum absolute atomic E-state index is 8.64. The predicted octanol–water partition coefficient (Wildman–Crippen LogP) is 2.95. The molecule has 0 aliphatic heterocycles. The zero-order chi connectivity index (χ0) is 10.1. The number of rotatable bonds is 2. The molecule has 2 rings (SSSR count). The van der Waals surface area contributed by atoms with E-state index in [0.717, 1.165) is 12.1 Å². The molecule has 0 aromatic heterocycles. The number of aryl methyl sites for hydroxylation is 1. The molecule has 0 radical (unpaired) electrons. The van der Waals surface area contributed by atoms with Gasteiger partial charge in [-0.2, -0.15) is 0 Å². The van der Waals surface area contributed by atoms with Crippen LogP contribution in [-0.2, 0) is 0 Å². The third-order valence-electron chi connectivity index (χ3n) is 2.99. The van der Waals surface area contributed by atoms with Gasteiger partial charge < -0.3 is 5.21 Å². The first-order chi connectivity index (χ1) is 6.72. The van der Waals surface area contributed by atoms with Crippen molar-refractivity contribution >= 4 is 5.71 Å². The molecule has 0 amide bonds. The summed E-state index contributed by atoms with van der Waals surface area (Å²) in [5.74, 6) is 1.04. The Labute approximate surface area is 84.3 Å². The van der Waals surface area contributed by atoms with E-state index in [1.54, 1.807) is 0 Å². The van der Waals surface area contributed by atoms with Gasteiger partial charge in [-0.1, -0.05) is 35.0 Å². The van der Waals surface area contributed by atoms with Crippen molar-refractivity contribution in [3.8, 4) is 0 Å². The number of hydrogen-bond donors (Lipinski definition) is 1. The summed E-state index contributed by atoms with van der Waals surface area (Å²) in [5, 5.41) is 11.9. The molecule has 1 aromatic carbocycles. The fourth-order valence-electron chi connectivity index (χ4n) is 1.91. The van der Waals surface area contributed by atoms with Crippen molar-refractivity contribution in [2.75, 3.05) is 0 Å². The van der Waals surface area contributed by atoms with Crippen LogP contribution in [0.5, 0.6) is 0 Å². The smallest absolute Gasteiger partial charge is 0.0577 e. The summed E-state index contributed by atoms with van der Waals surface area (Å²) in [4.78, 5) is 0. The van der Waals surface area contributed by atoms with Crippen LogP contribution >= 0.6 is 0 Å². The van der Waals surface area contributed by atoms with Crippen LogP contribution in [0.4, 0.5) is 0 Å².